The van der Waals surface area contributed by atoms with Crippen LogP contribution in [0.5, 0.6) is 5.75 Å². The number of benzene rings is 1. The Morgan fingerprint density at radius 2 is 2.15 bits per heavy atom. The average molecular weight is 351 g/mol. The van der Waals surface area contributed by atoms with E-state index in [0.717, 1.165) is 31.2 Å². The summed E-state index contributed by atoms with van der Waals surface area (Å²) in [6, 6.07) is 11.6. The van der Waals surface area contributed by atoms with Gasteiger partial charge in [-0.2, -0.15) is 0 Å². The lowest BCUT2D eigenvalue weighted by Gasteiger charge is -2.04. The first-order valence-electron chi connectivity index (χ1n) is 5.84. The fraction of sp³-hybridized carbons (Fsp3) is 0.0714. The Balaban J connectivity index is 2.15. The van der Waals surface area contributed by atoms with Crippen LogP contribution in [-0.2, 0) is 0 Å². The van der Waals surface area contributed by atoms with Crippen LogP contribution in [0.3, 0.4) is 0 Å². The summed E-state index contributed by atoms with van der Waals surface area (Å²) in [6.07, 6.45) is 0. The lowest BCUT2D eigenvalue weighted by molar-refractivity contribution is 0.415. The van der Waals surface area contributed by atoms with E-state index in [-0.39, 0.29) is 0 Å². The van der Waals surface area contributed by atoms with Crippen LogP contribution in [0.1, 0.15) is 0 Å². The molecule has 0 aliphatic rings. The maximum absolute atomic E-state index is 5.93. The number of nitrogens with zero attached hydrogens (tertiary/aromatic N) is 1. The molecule has 0 bridgehead atoms. The maximum Gasteiger partial charge on any atom is 0.230 e. The van der Waals surface area contributed by atoms with Crippen LogP contribution in [-0.4, -0.2) is 12.3 Å². The van der Waals surface area contributed by atoms with E-state index in [1.807, 2.05) is 36.4 Å². The summed E-state index contributed by atoms with van der Waals surface area (Å²) in [6.45, 7) is 0. The number of thiophene rings is 1. The SMILES string of the molecule is COc1cccc(-c2c(-c3ccc(Br)s3)noc2N)c1. The minimum atomic E-state index is 0.303. The molecule has 102 valence electrons. The molecule has 2 N–H and O–H groups in total. The zero-order chi connectivity index (χ0) is 14.1. The minimum Gasteiger partial charge on any atom is -0.497 e. The van der Waals surface area contributed by atoms with E-state index in [0.29, 0.717) is 5.88 Å². The van der Waals surface area contributed by atoms with Crippen LogP contribution in [0.2, 0.25) is 0 Å². The van der Waals surface area contributed by atoms with E-state index in [9.17, 15) is 0 Å². The largest absolute Gasteiger partial charge is 0.497 e. The third kappa shape index (κ3) is 2.32. The van der Waals surface area contributed by atoms with Gasteiger partial charge >= 0.3 is 0 Å². The molecule has 4 nitrogen and oxygen atoms in total. The lowest BCUT2D eigenvalue weighted by Crippen LogP contribution is -1.88. The Bertz CT molecular complexity index is 751. The molecule has 0 spiro atoms. The molecule has 0 amide bonds. The zero-order valence-corrected chi connectivity index (χ0v) is 13.0. The van der Waals surface area contributed by atoms with Crippen LogP contribution < -0.4 is 10.5 Å². The number of anilines is 1. The molecule has 0 radical (unpaired) electrons. The van der Waals surface area contributed by atoms with Gasteiger partial charge in [0.2, 0.25) is 5.88 Å². The lowest BCUT2D eigenvalue weighted by atomic mass is 10.0. The molecule has 2 aromatic heterocycles. The second kappa shape index (κ2) is 5.30. The van der Waals surface area contributed by atoms with Crippen molar-refractivity contribution in [1.82, 2.24) is 5.16 Å². The van der Waals surface area contributed by atoms with Gasteiger partial charge in [-0.3, -0.25) is 0 Å². The zero-order valence-electron chi connectivity index (χ0n) is 10.6. The molecule has 0 saturated carbocycles. The highest BCUT2D eigenvalue weighted by Crippen LogP contribution is 2.40. The van der Waals surface area contributed by atoms with Crippen molar-refractivity contribution in [3.8, 4) is 27.4 Å². The van der Waals surface area contributed by atoms with Gasteiger partial charge in [-0.25, -0.2) is 0 Å². The summed E-state index contributed by atoms with van der Waals surface area (Å²) >= 11 is 5.03. The Hall–Kier alpha value is -1.79. The molecule has 6 heteroatoms. The molecule has 0 saturated heterocycles. The van der Waals surface area contributed by atoms with Crippen LogP contribution in [0.15, 0.2) is 44.7 Å². The highest BCUT2D eigenvalue weighted by molar-refractivity contribution is 9.11. The quantitative estimate of drug-likeness (QED) is 0.759. The summed E-state index contributed by atoms with van der Waals surface area (Å²) in [5.74, 6) is 1.07. The molecule has 0 fully saturated rings. The minimum absolute atomic E-state index is 0.303. The number of methoxy groups -OCH3 is 1. The summed E-state index contributed by atoms with van der Waals surface area (Å²) in [5.41, 5.74) is 8.38. The van der Waals surface area contributed by atoms with Crippen molar-refractivity contribution in [2.24, 2.45) is 0 Å². The number of nitrogens with two attached hydrogens (primary N) is 1. The van der Waals surface area contributed by atoms with Gasteiger partial charge in [0.05, 0.1) is 21.3 Å². The summed E-state index contributed by atoms with van der Waals surface area (Å²) < 4.78 is 11.4. The van der Waals surface area contributed by atoms with Crippen LogP contribution in [0.4, 0.5) is 5.88 Å². The van der Waals surface area contributed by atoms with Crippen molar-refractivity contribution in [2.45, 2.75) is 0 Å². The van der Waals surface area contributed by atoms with Crippen LogP contribution >= 0.6 is 27.3 Å². The number of nitrogen functional groups attached to an aromatic ring is 1. The molecule has 0 atom stereocenters. The van der Waals surface area contributed by atoms with Crippen molar-refractivity contribution < 1.29 is 9.26 Å². The molecule has 0 aliphatic heterocycles. The third-order valence-corrected chi connectivity index (χ3v) is 4.51. The van der Waals surface area contributed by atoms with E-state index in [2.05, 4.69) is 21.1 Å². The Morgan fingerprint density at radius 3 is 2.85 bits per heavy atom. The topological polar surface area (TPSA) is 61.3 Å². The second-order valence-electron chi connectivity index (χ2n) is 4.11. The normalized spacial score (nSPS) is 10.7. The van der Waals surface area contributed by atoms with Gasteiger partial charge in [0, 0.05) is 0 Å². The molecule has 2 heterocycles. The average Bonchev–Trinajstić information content (AvgIpc) is 3.05. The molecule has 0 aliphatic carbocycles. The van der Waals surface area contributed by atoms with Gasteiger partial charge < -0.3 is 15.0 Å². The second-order valence-corrected chi connectivity index (χ2v) is 6.57. The summed E-state index contributed by atoms with van der Waals surface area (Å²) in [7, 11) is 1.63. The predicted molar refractivity (Wildman–Crippen MR) is 83.9 cm³/mol. The number of ether oxygens (including phenoxy) is 1. The fourth-order valence-electron chi connectivity index (χ4n) is 1.97. The first-order valence-corrected chi connectivity index (χ1v) is 7.45. The van der Waals surface area contributed by atoms with Gasteiger partial charge in [0.25, 0.3) is 0 Å². The highest BCUT2D eigenvalue weighted by Gasteiger charge is 2.19. The van der Waals surface area contributed by atoms with Crippen LogP contribution in [0.25, 0.3) is 21.7 Å². The standard InChI is InChI=1S/C14H11BrN2O2S/c1-18-9-4-2-3-8(7-9)12-13(17-19-14(12)16)10-5-6-11(15)20-10/h2-7H,16H2,1H3. The first kappa shape index (κ1) is 13.2. The maximum atomic E-state index is 5.93. The van der Waals surface area contributed by atoms with Gasteiger partial charge in [-0.05, 0) is 45.8 Å². The highest BCUT2D eigenvalue weighted by atomic mass is 79.9. The number of aromatic nitrogens is 1. The smallest absolute Gasteiger partial charge is 0.230 e. The van der Waals surface area contributed by atoms with Crippen molar-refractivity contribution in [3.05, 3.63) is 40.2 Å². The molecule has 20 heavy (non-hydrogen) atoms. The van der Waals surface area contributed by atoms with E-state index in [1.165, 1.54) is 0 Å². The number of halogens is 1. The molecule has 3 rings (SSSR count). The van der Waals surface area contributed by atoms with Gasteiger partial charge in [-0.15, -0.1) is 11.3 Å². The van der Waals surface area contributed by atoms with Crippen molar-refractivity contribution in [2.75, 3.05) is 12.8 Å². The first-order chi connectivity index (χ1) is 9.69. The Kier molecular flexibility index (Phi) is 3.50. The van der Waals surface area contributed by atoms with Crippen molar-refractivity contribution in [3.63, 3.8) is 0 Å². The van der Waals surface area contributed by atoms with Crippen molar-refractivity contribution >= 4 is 33.2 Å². The Morgan fingerprint density at radius 1 is 1.30 bits per heavy atom. The van der Waals surface area contributed by atoms with E-state index in [1.54, 1.807) is 18.4 Å². The molecule has 1 aromatic carbocycles. The Labute approximate surface area is 128 Å². The molecular weight excluding hydrogens is 340 g/mol. The monoisotopic (exact) mass is 350 g/mol. The van der Waals surface area contributed by atoms with Gasteiger partial charge in [0.15, 0.2) is 0 Å². The van der Waals surface area contributed by atoms with Gasteiger partial charge in [-0.1, -0.05) is 17.3 Å². The number of hydrogen-bond acceptors (Lipinski definition) is 5. The van der Waals surface area contributed by atoms with E-state index >= 15 is 0 Å². The third-order valence-electron chi connectivity index (χ3n) is 2.88. The predicted octanol–water partition coefficient (Wildman–Crippen LogP) is 4.42. The molecule has 0 unspecified atom stereocenters. The van der Waals surface area contributed by atoms with Gasteiger partial charge in [0.1, 0.15) is 11.4 Å². The molecular formula is C14H11BrN2O2S. The fourth-order valence-corrected chi connectivity index (χ4v) is 3.34. The van der Waals surface area contributed by atoms with Crippen LogP contribution in [0, 0.1) is 0 Å². The number of hydrogen-bond donors (Lipinski definition) is 1. The van der Waals surface area contributed by atoms with Crippen molar-refractivity contribution in [1.29, 1.82) is 0 Å². The molecule has 3 aromatic rings. The summed E-state index contributed by atoms with van der Waals surface area (Å²) in [4.78, 5) is 0.996. The van der Waals surface area contributed by atoms with E-state index < -0.39 is 0 Å². The van der Waals surface area contributed by atoms with E-state index in [4.69, 9.17) is 15.0 Å². The summed E-state index contributed by atoms with van der Waals surface area (Å²) in [5, 5.41) is 4.08. The number of rotatable bonds is 3.